The highest BCUT2D eigenvalue weighted by Gasteiger charge is 2.41. The van der Waals surface area contributed by atoms with E-state index in [2.05, 4.69) is 5.32 Å². The van der Waals surface area contributed by atoms with Crippen LogP contribution < -0.4 is 14.8 Å². The summed E-state index contributed by atoms with van der Waals surface area (Å²) in [5, 5.41) is 22.2. The van der Waals surface area contributed by atoms with E-state index in [0.717, 1.165) is 11.1 Å². The quantitative estimate of drug-likeness (QED) is 0.298. The summed E-state index contributed by atoms with van der Waals surface area (Å²) >= 11 is 6.11. The minimum Gasteiger partial charge on any atom is -0.489 e. The number of benzene rings is 3. The number of nitrogens with one attached hydrogen (secondary N) is 1. The van der Waals surface area contributed by atoms with Crippen LogP contribution in [0.3, 0.4) is 0 Å². The monoisotopic (exact) mass is 553 g/mol. The molecule has 39 heavy (non-hydrogen) atoms. The van der Waals surface area contributed by atoms with E-state index in [-0.39, 0.29) is 18.9 Å². The number of carbonyl (C=O) groups excluding carboxylic acids is 1. The molecule has 1 aliphatic heterocycles. The standard InChI is InChI=1S/C30H32ClNO7/c1-30(32-28(34)13-14-33)16-26(21-7-9-22(31)10-8-21)39-27(17-30)24-15-23(11-12-25(24)38-19-29(35)36)37-18-20-5-3-2-4-6-20/h2-12,15,26-27,33H,13-14,16-19H2,1H3,(H,32,34)(H,35,36)/t26-,27+,30-/m0/s1. The number of aliphatic hydroxyl groups is 1. The van der Waals surface area contributed by atoms with Gasteiger partial charge in [-0.05, 0) is 48.4 Å². The maximum Gasteiger partial charge on any atom is 0.341 e. The molecule has 3 aromatic carbocycles. The first kappa shape index (κ1) is 28.4. The third-order valence-electron chi connectivity index (χ3n) is 6.55. The van der Waals surface area contributed by atoms with E-state index in [4.69, 9.17) is 25.8 Å². The van der Waals surface area contributed by atoms with Crippen LogP contribution in [0.25, 0.3) is 0 Å². The second kappa shape index (κ2) is 13.0. The number of hydrogen-bond donors (Lipinski definition) is 3. The van der Waals surface area contributed by atoms with E-state index in [1.807, 2.05) is 49.4 Å². The number of carboxylic acid groups (broad SMARTS) is 1. The van der Waals surface area contributed by atoms with Crippen LogP contribution in [-0.4, -0.2) is 40.8 Å². The predicted octanol–water partition coefficient (Wildman–Crippen LogP) is 5.23. The van der Waals surface area contributed by atoms with E-state index in [9.17, 15) is 19.8 Å². The van der Waals surface area contributed by atoms with Gasteiger partial charge < -0.3 is 29.7 Å². The second-order valence-corrected chi connectivity index (χ2v) is 10.2. The molecule has 1 heterocycles. The summed E-state index contributed by atoms with van der Waals surface area (Å²) in [7, 11) is 0. The van der Waals surface area contributed by atoms with E-state index in [0.29, 0.717) is 41.5 Å². The summed E-state index contributed by atoms with van der Waals surface area (Å²) in [4.78, 5) is 23.8. The molecule has 3 N–H and O–H groups in total. The van der Waals surface area contributed by atoms with Gasteiger partial charge in [-0.3, -0.25) is 4.79 Å². The molecule has 1 amide bonds. The molecule has 1 aliphatic rings. The second-order valence-electron chi connectivity index (χ2n) is 9.81. The summed E-state index contributed by atoms with van der Waals surface area (Å²) in [6.07, 6.45) is -0.107. The molecule has 0 unspecified atom stereocenters. The zero-order chi connectivity index (χ0) is 27.8. The van der Waals surface area contributed by atoms with Crippen molar-refractivity contribution in [1.82, 2.24) is 5.32 Å². The molecule has 3 aromatic rings. The van der Waals surface area contributed by atoms with Gasteiger partial charge in [-0.2, -0.15) is 0 Å². The lowest BCUT2D eigenvalue weighted by Gasteiger charge is -2.43. The van der Waals surface area contributed by atoms with Gasteiger partial charge in [-0.25, -0.2) is 4.79 Å². The summed E-state index contributed by atoms with van der Waals surface area (Å²) in [5.74, 6) is -0.442. The maximum absolute atomic E-state index is 12.5. The lowest BCUT2D eigenvalue weighted by molar-refractivity contribution is -0.139. The first-order chi connectivity index (χ1) is 18.7. The van der Waals surface area contributed by atoms with Crippen LogP contribution in [0.15, 0.2) is 72.8 Å². The van der Waals surface area contributed by atoms with E-state index in [1.54, 1.807) is 30.3 Å². The molecular formula is C30H32ClNO7. The average Bonchev–Trinajstić information content (AvgIpc) is 2.91. The lowest BCUT2D eigenvalue weighted by Crippen LogP contribution is -2.51. The molecule has 0 aliphatic carbocycles. The third kappa shape index (κ3) is 7.95. The molecule has 0 saturated carbocycles. The molecular weight excluding hydrogens is 522 g/mol. The van der Waals surface area contributed by atoms with Crippen molar-refractivity contribution in [2.45, 2.75) is 50.5 Å². The fourth-order valence-electron chi connectivity index (χ4n) is 4.74. The Balaban J connectivity index is 1.67. The molecule has 0 spiro atoms. The number of aliphatic carboxylic acids is 1. The average molecular weight is 554 g/mol. The van der Waals surface area contributed by atoms with Gasteiger partial charge in [0.25, 0.3) is 0 Å². The number of hydrogen-bond acceptors (Lipinski definition) is 6. The number of aliphatic hydroxyl groups excluding tert-OH is 1. The molecule has 4 rings (SSSR count). The van der Waals surface area contributed by atoms with Gasteiger partial charge in [0, 0.05) is 35.4 Å². The van der Waals surface area contributed by atoms with Crippen molar-refractivity contribution in [3.05, 3.63) is 94.5 Å². The van der Waals surface area contributed by atoms with Crippen LogP contribution >= 0.6 is 11.6 Å². The van der Waals surface area contributed by atoms with Crippen LogP contribution in [-0.2, 0) is 20.9 Å². The Morgan fingerprint density at radius 2 is 1.74 bits per heavy atom. The van der Waals surface area contributed by atoms with Crippen LogP contribution in [0.5, 0.6) is 11.5 Å². The van der Waals surface area contributed by atoms with Gasteiger partial charge in [0.1, 0.15) is 18.1 Å². The highest BCUT2D eigenvalue weighted by atomic mass is 35.5. The Morgan fingerprint density at radius 3 is 2.44 bits per heavy atom. The smallest absolute Gasteiger partial charge is 0.341 e. The number of ether oxygens (including phenoxy) is 3. The Morgan fingerprint density at radius 1 is 1.03 bits per heavy atom. The Labute approximate surface area is 232 Å². The Hall–Kier alpha value is -3.59. The topological polar surface area (TPSA) is 114 Å². The number of halogens is 1. The molecule has 9 heteroatoms. The molecule has 1 saturated heterocycles. The van der Waals surface area contributed by atoms with Gasteiger partial charge in [0.05, 0.1) is 18.8 Å². The molecule has 1 fully saturated rings. The Kier molecular flexibility index (Phi) is 9.45. The fourth-order valence-corrected chi connectivity index (χ4v) is 4.86. The number of carboxylic acids is 1. The molecule has 8 nitrogen and oxygen atoms in total. The molecule has 0 aromatic heterocycles. The first-order valence-electron chi connectivity index (χ1n) is 12.7. The van der Waals surface area contributed by atoms with Crippen molar-refractivity contribution in [1.29, 1.82) is 0 Å². The summed E-state index contributed by atoms with van der Waals surface area (Å²) in [6.45, 7) is 1.52. The van der Waals surface area contributed by atoms with Crippen molar-refractivity contribution in [3.63, 3.8) is 0 Å². The normalized spacial score (nSPS) is 20.7. The highest BCUT2D eigenvalue weighted by Crippen LogP contribution is 2.46. The minimum atomic E-state index is -1.10. The predicted molar refractivity (Wildman–Crippen MR) is 146 cm³/mol. The molecule has 0 radical (unpaired) electrons. The van der Waals surface area contributed by atoms with Crippen LogP contribution in [0.2, 0.25) is 5.02 Å². The SMILES string of the molecule is C[C@]1(NC(=O)CCO)C[C@@H](c2ccc(Cl)cc2)O[C@@H](c2cc(OCc3ccccc3)ccc2OCC(=O)O)C1. The van der Waals surface area contributed by atoms with Crippen LogP contribution in [0.4, 0.5) is 0 Å². The van der Waals surface area contributed by atoms with Crippen LogP contribution in [0.1, 0.15) is 55.1 Å². The van der Waals surface area contributed by atoms with Crippen molar-refractivity contribution < 1.29 is 34.0 Å². The first-order valence-corrected chi connectivity index (χ1v) is 13.1. The lowest BCUT2D eigenvalue weighted by atomic mass is 9.81. The maximum atomic E-state index is 12.5. The van der Waals surface area contributed by atoms with E-state index >= 15 is 0 Å². The van der Waals surface area contributed by atoms with Crippen molar-refractivity contribution in [2.24, 2.45) is 0 Å². The minimum absolute atomic E-state index is 0.0114. The summed E-state index contributed by atoms with van der Waals surface area (Å²) < 4.78 is 18.3. The molecule has 0 bridgehead atoms. The Bertz CT molecular complexity index is 1270. The molecule has 3 atom stereocenters. The van der Waals surface area contributed by atoms with Gasteiger partial charge >= 0.3 is 5.97 Å². The van der Waals surface area contributed by atoms with Gasteiger partial charge in [0.15, 0.2) is 6.61 Å². The fraction of sp³-hybridized carbons (Fsp3) is 0.333. The van der Waals surface area contributed by atoms with E-state index < -0.39 is 30.3 Å². The largest absolute Gasteiger partial charge is 0.489 e. The van der Waals surface area contributed by atoms with E-state index in [1.165, 1.54) is 0 Å². The van der Waals surface area contributed by atoms with Crippen molar-refractivity contribution >= 4 is 23.5 Å². The van der Waals surface area contributed by atoms with Crippen molar-refractivity contribution in [3.8, 4) is 11.5 Å². The number of rotatable bonds is 11. The summed E-state index contributed by atoms with van der Waals surface area (Å²) in [5.41, 5.74) is 1.81. The van der Waals surface area contributed by atoms with Gasteiger partial charge in [-0.1, -0.05) is 54.1 Å². The van der Waals surface area contributed by atoms with Crippen LogP contribution in [0, 0.1) is 0 Å². The van der Waals surface area contributed by atoms with Crippen molar-refractivity contribution in [2.75, 3.05) is 13.2 Å². The van der Waals surface area contributed by atoms with Gasteiger partial charge in [0.2, 0.25) is 5.91 Å². The number of amides is 1. The van der Waals surface area contributed by atoms with Gasteiger partial charge in [-0.15, -0.1) is 0 Å². The number of carbonyl (C=O) groups is 2. The zero-order valence-electron chi connectivity index (χ0n) is 21.6. The summed E-state index contributed by atoms with van der Waals surface area (Å²) in [6, 6.07) is 22.3. The third-order valence-corrected chi connectivity index (χ3v) is 6.80. The zero-order valence-corrected chi connectivity index (χ0v) is 22.4. The highest BCUT2D eigenvalue weighted by molar-refractivity contribution is 6.30. The molecule has 206 valence electrons.